The van der Waals surface area contributed by atoms with Gasteiger partial charge in [0.2, 0.25) is 5.95 Å². The van der Waals surface area contributed by atoms with E-state index in [1.165, 1.54) is 30.4 Å². The van der Waals surface area contributed by atoms with E-state index in [0.29, 0.717) is 19.2 Å². The maximum absolute atomic E-state index is 12.5. The molecule has 4 atom stereocenters. The molecule has 1 saturated carbocycles. The number of benzene rings is 2. The number of fused-ring (bicyclic) bond motifs is 1. The summed E-state index contributed by atoms with van der Waals surface area (Å²) < 4.78 is 12.1. The molecule has 192 valence electrons. The summed E-state index contributed by atoms with van der Waals surface area (Å²) in [4.78, 5) is 21.7. The predicted molar refractivity (Wildman–Crippen MR) is 142 cm³/mol. The summed E-state index contributed by atoms with van der Waals surface area (Å²) in [6.07, 6.45) is 7.13. The molecule has 3 heterocycles. The largest absolute Gasteiger partial charge is 0.371 e. The molecule has 37 heavy (non-hydrogen) atoms. The molecule has 6 rings (SSSR count). The Morgan fingerprint density at radius 1 is 0.757 bits per heavy atom. The first kappa shape index (κ1) is 23.9. The number of rotatable bonds is 6. The summed E-state index contributed by atoms with van der Waals surface area (Å²) in [5.74, 6) is 0.536. The van der Waals surface area contributed by atoms with Crippen LogP contribution in [0.2, 0.25) is 0 Å². The lowest BCUT2D eigenvalue weighted by Gasteiger charge is -2.24. The van der Waals surface area contributed by atoms with E-state index in [1.807, 2.05) is 24.3 Å². The third kappa shape index (κ3) is 5.45. The fourth-order valence-corrected chi connectivity index (χ4v) is 5.61. The van der Waals surface area contributed by atoms with E-state index in [1.54, 1.807) is 6.20 Å². The minimum absolute atomic E-state index is 0.0890. The summed E-state index contributed by atoms with van der Waals surface area (Å²) in [6, 6.07) is 20.5. The lowest BCUT2D eigenvalue weighted by atomic mass is 9.96. The van der Waals surface area contributed by atoms with Crippen LogP contribution in [0.25, 0.3) is 22.4 Å². The van der Waals surface area contributed by atoms with E-state index >= 15 is 0 Å². The Hall–Kier alpha value is -3.49. The van der Waals surface area contributed by atoms with Crippen LogP contribution in [0.1, 0.15) is 32.1 Å². The predicted octanol–water partition coefficient (Wildman–Crippen LogP) is 4.39. The highest BCUT2D eigenvalue weighted by molar-refractivity contribution is 5.74. The molecule has 3 fully saturated rings. The van der Waals surface area contributed by atoms with E-state index < -0.39 is 0 Å². The van der Waals surface area contributed by atoms with Crippen LogP contribution in [0.5, 0.6) is 0 Å². The fourth-order valence-electron chi connectivity index (χ4n) is 5.61. The molecule has 3 aromatic rings. The van der Waals surface area contributed by atoms with Crippen molar-refractivity contribution < 1.29 is 14.3 Å². The Kier molecular flexibility index (Phi) is 7.01. The zero-order valence-electron chi connectivity index (χ0n) is 20.8. The van der Waals surface area contributed by atoms with Gasteiger partial charge in [0.05, 0.1) is 31.0 Å². The molecule has 2 amide bonds. The van der Waals surface area contributed by atoms with Crippen LogP contribution < -0.4 is 16.0 Å². The van der Waals surface area contributed by atoms with Gasteiger partial charge in [0.1, 0.15) is 12.2 Å². The number of carbonyl (C=O) groups excluding carboxylic acids is 1. The molecule has 2 saturated heterocycles. The lowest BCUT2D eigenvalue weighted by Crippen LogP contribution is -2.51. The van der Waals surface area contributed by atoms with E-state index in [-0.39, 0.29) is 36.4 Å². The van der Waals surface area contributed by atoms with Crippen LogP contribution in [0.15, 0.2) is 66.9 Å². The van der Waals surface area contributed by atoms with Crippen LogP contribution in [-0.2, 0) is 9.47 Å². The standard InChI is InChI=1S/C29H33N5O3/c35-29(31-22-9-5-2-6-10-22)34-25-18-37-26-24(17-36-27(25)26)33-28-30-16-15-23(32-28)21-13-11-20(12-14-21)19-7-3-1-4-8-19/h1,3-4,7-8,11-16,22,24-27H,2,5-6,9-10,17-18H2,(H,30,32,33)(H2,31,34,35). The van der Waals surface area contributed by atoms with Gasteiger partial charge in [-0.05, 0) is 30.0 Å². The number of amides is 2. The molecular weight excluding hydrogens is 466 g/mol. The highest BCUT2D eigenvalue weighted by Crippen LogP contribution is 2.29. The van der Waals surface area contributed by atoms with Gasteiger partial charge in [0.25, 0.3) is 0 Å². The fraction of sp³-hybridized carbons (Fsp3) is 0.414. The molecular formula is C29H33N5O3. The molecule has 3 aliphatic rings. The van der Waals surface area contributed by atoms with E-state index in [2.05, 4.69) is 57.3 Å². The Bertz CT molecular complexity index is 1200. The van der Waals surface area contributed by atoms with Crippen molar-refractivity contribution in [2.24, 2.45) is 0 Å². The Balaban J connectivity index is 1.06. The Labute approximate surface area is 217 Å². The zero-order valence-corrected chi connectivity index (χ0v) is 20.8. The molecule has 8 heteroatoms. The molecule has 0 bridgehead atoms. The van der Waals surface area contributed by atoms with Crippen molar-refractivity contribution in [3.05, 3.63) is 66.9 Å². The van der Waals surface area contributed by atoms with E-state index in [0.717, 1.165) is 24.1 Å². The molecule has 0 radical (unpaired) electrons. The van der Waals surface area contributed by atoms with Crippen LogP contribution in [-0.4, -0.2) is 59.5 Å². The van der Waals surface area contributed by atoms with Crippen LogP contribution in [0, 0.1) is 0 Å². The van der Waals surface area contributed by atoms with Crippen molar-refractivity contribution in [3.63, 3.8) is 0 Å². The van der Waals surface area contributed by atoms with Gasteiger partial charge in [-0.3, -0.25) is 0 Å². The van der Waals surface area contributed by atoms with Gasteiger partial charge in [-0.25, -0.2) is 14.8 Å². The van der Waals surface area contributed by atoms with Gasteiger partial charge in [-0.1, -0.05) is 73.9 Å². The number of aromatic nitrogens is 2. The van der Waals surface area contributed by atoms with Gasteiger partial charge in [0, 0.05) is 17.8 Å². The van der Waals surface area contributed by atoms with Crippen molar-refractivity contribution in [3.8, 4) is 22.4 Å². The topological polar surface area (TPSA) is 97.4 Å². The van der Waals surface area contributed by atoms with Crippen molar-refractivity contribution in [2.45, 2.75) is 62.4 Å². The lowest BCUT2D eigenvalue weighted by molar-refractivity contribution is 0.0681. The third-order valence-electron chi connectivity index (χ3n) is 7.57. The van der Waals surface area contributed by atoms with Gasteiger partial charge >= 0.3 is 6.03 Å². The number of hydrogen-bond acceptors (Lipinski definition) is 6. The summed E-state index contributed by atoms with van der Waals surface area (Å²) in [5.41, 5.74) is 4.22. The Morgan fingerprint density at radius 3 is 2.22 bits per heavy atom. The quantitative estimate of drug-likeness (QED) is 0.466. The van der Waals surface area contributed by atoms with Gasteiger partial charge in [-0.2, -0.15) is 0 Å². The van der Waals surface area contributed by atoms with Crippen molar-refractivity contribution >= 4 is 12.0 Å². The van der Waals surface area contributed by atoms with Gasteiger partial charge in [0.15, 0.2) is 0 Å². The highest BCUT2D eigenvalue weighted by Gasteiger charge is 2.48. The smallest absolute Gasteiger partial charge is 0.315 e. The van der Waals surface area contributed by atoms with Gasteiger partial charge in [-0.15, -0.1) is 0 Å². The van der Waals surface area contributed by atoms with Crippen molar-refractivity contribution in [1.29, 1.82) is 0 Å². The highest BCUT2D eigenvalue weighted by atomic mass is 16.6. The minimum Gasteiger partial charge on any atom is -0.371 e. The monoisotopic (exact) mass is 499 g/mol. The number of hydrogen-bond donors (Lipinski definition) is 3. The average Bonchev–Trinajstić information content (AvgIpc) is 3.53. The molecule has 8 nitrogen and oxygen atoms in total. The number of ether oxygens (including phenoxy) is 2. The number of urea groups is 1. The summed E-state index contributed by atoms with van der Waals surface area (Å²) in [5, 5.41) is 9.58. The first-order chi connectivity index (χ1) is 18.2. The molecule has 2 aromatic carbocycles. The third-order valence-corrected chi connectivity index (χ3v) is 7.57. The SMILES string of the molecule is O=C(NC1CCCCC1)NC1COC2C(Nc3nccc(-c4ccc(-c5ccccc5)cc4)n3)COC12. The zero-order chi connectivity index (χ0) is 25.0. The maximum atomic E-state index is 12.5. The molecule has 1 aliphatic carbocycles. The molecule has 4 unspecified atom stereocenters. The number of nitrogens with one attached hydrogen (secondary N) is 3. The second-order valence-electron chi connectivity index (χ2n) is 10.1. The number of nitrogens with zero attached hydrogens (tertiary/aromatic N) is 2. The summed E-state index contributed by atoms with van der Waals surface area (Å²) in [7, 11) is 0. The minimum atomic E-state index is -0.191. The second kappa shape index (κ2) is 10.9. The second-order valence-corrected chi connectivity index (χ2v) is 10.1. The van der Waals surface area contributed by atoms with Crippen LogP contribution in [0.4, 0.5) is 10.7 Å². The van der Waals surface area contributed by atoms with Crippen LogP contribution in [0.3, 0.4) is 0 Å². The first-order valence-electron chi connectivity index (χ1n) is 13.3. The molecule has 1 aromatic heterocycles. The molecule has 3 N–H and O–H groups in total. The summed E-state index contributed by atoms with van der Waals surface area (Å²) in [6.45, 7) is 0.900. The number of carbonyl (C=O) groups is 1. The maximum Gasteiger partial charge on any atom is 0.315 e. The van der Waals surface area contributed by atoms with Crippen LogP contribution >= 0.6 is 0 Å². The van der Waals surface area contributed by atoms with Gasteiger partial charge < -0.3 is 25.4 Å². The summed E-state index contributed by atoms with van der Waals surface area (Å²) >= 11 is 0. The van der Waals surface area contributed by atoms with E-state index in [4.69, 9.17) is 14.5 Å². The number of anilines is 1. The average molecular weight is 500 g/mol. The van der Waals surface area contributed by atoms with E-state index in [9.17, 15) is 4.79 Å². The van der Waals surface area contributed by atoms with Crippen molar-refractivity contribution in [1.82, 2.24) is 20.6 Å². The normalized spacial score (nSPS) is 25.4. The Morgan fingerprint density at radius 2 is 1.43 bits per heavy atom. The first-order valence-corrected chi connectivity index (χ1v) is 13.3. The molecule has 0 spiro atoms. The van der Waals surface area contributed by atoms with Crippen molar-refractivity contribution in [2.75, 3.05) is 18.5 Å². The molecule has 2 aliphatic heterocycles.